The summed E-state index contributed by atoms with van der Waals surface area (Å²) in [6.07, 6.45) is 1.11. The summed E-state index contributed by atoms with van der Waals surface area (Å²) in [4.78, 5) is 29.5. The minimum absolute atomic E-state index is 0.0156. The Morgan fingerprint density at radius 1 is 1.22 bits per heavy atom. The predicted molar refractivity (Wildman–Crippen MR) is 66.2 cm³/mol. The van der Waals surface area contributed by atoms with E-state index < -0.39 is 0 Å². The van der Waals surface area contributed by atoms with Crippen molar-refractivity contribution in [2.24, 2.45) is 5.92 Å². The topological polar surface area (TPSA) is 55.9 Å². The van der Waals surface area contributed by atoms with E-state index in [1.807, 2.05) is 14.7 Å². The van der Waals surface area contributed by atoms with Crippen LogP contribution in [-0.4, -0.2) is 72.1 Å². The summed E-state index contributed by atoms with van der Waals surface area (Å²) in [5.41, 5.74) is 0. The standard InChI is InChI=1S/C12H20N4O2/c1-9-2-3-14(7-9)12(18)15-4-5-16-10(8-15)6-13-11(16)17/h9-10H,2-8H2,1H3,(H,13,17). The summed E-state index contributed by atoms with van der Waals surface area (Å²) in [5.74, 6) is 0.616. The number of nitrogens with zero attached hydrogens (tertiary/aromatic N) is 3. The van der Waals surface area contributed by atoms with Gasteiger partial charge in [-0.15, -0.1) is 0 Å². The number of piperazine rings is 1. The molecule has 2 unspecified atom stereocenters. The summed E-state index contributed by atoms with van der Waals surface area (Å²) in [7, 11) is 0. The summed E-state index contributed by atoms with van der Waals surface area (Å²) in [6.45, 7) is 6.59. The maximum absolute atomic E-state index is 12.3. The van der Waals surface area contributed by atoms with Crippen LogP contribution in [0.5, 0.6) is 0 Å². The molecule has 18 heavy (non-hydrogen) atoms. The maximum atomic E-state index is 12.3. The van der Waals surface area contributed by atoms with Crippen LogP contribution in [0.4, 0.5) is 9.59 Å². The second-order valence-electron chi connectivity index (χ2n) is 5.60. The van der Waals surface area contributed by atoms with Gasteiger partial charge in [-0.1, -0.05) is 6.92 Å². The van der Waals surface area contributed by atoms with E-state index in [0.29, 0.717) is 32.1 Å². The normalized spacial score (nSPS) is 31.6. The molecular formula is C12H20N4O2. The van der Waals surface area contributed by atoms with E-state index in [9.17, 15) is 9.59 Å². The molecule has 3 saturated heterocycles. The van der Waals surface area contributed by atoms with Crippen molar-refractivity contribution in [2.75, 3.05) is 39.3 Å². The van der Waals surface area contributed by atoms with Crippen LogP contribution in [0, 0.1) is 5.92 Å². The average molecular weight is 252 g/mol. The molecular weight excluding hydrogens is 232 g/mol. The highest BCUT2D eigenvalue weighted by atomic mass is 16.2. The molecule has 2 atom stereocenters. The Morgan fingerprint density at radius 3 is 2.72 bits per heavy atom. The number of carbonyl (C=O) groups is 2. The van der Waals surface area contributed by atoms with E-state index >= 15 is 0 Å². The van der Waals surface area contributed by atoms with E-state index in [1.54, 1.807) is 0 Å². The Labute approximate surface area is 107 Å². The number of carbonyl (C=O) groups excluding carboxylic acids is 2. The summed E-state index contributed by atoms with van der Waals surface area (Å²) in [6, 6.07) is 0.329. The SMILES string of the molecule is CC1CCN(C(=O)N2CCN3C(=O)NCC3C2)C1. The number of urea groups is 2. The van der Waals surface area contributed by atoms with Gasteiger partial charge < -0.3 is 20.0 Å². The molecule has 3 aliphatic rings. The average Bonchev–Trinajstić information content (AvgIpc) is 2.95. The van der Waals surface area contributed by atoms with Gasteiger partial charge in [0, 0.05) is 39.3 Å². The van der Waals surface area contributed by atoms with E-state index in [-0.39, 0.29) is 18.1 Å². The van der Waals surface area contributed by atoms with Gasteiger partial charge in [-0.05, 0) is 12.3 Å². The minimum atomic E-state index is 0.0156. The van der Waals surface area contributed by atoms with Crippen molar-refractivity contribution in [3.05, 3.63) is 0 Å². The third-order valence-corrected chi connectivity index (χ3v) is 4.20. The molecule has 6 nitrogen and oxygen atoms in total. The van der Waals surface area contributed by atoms with Gasteiger partial charge >= 0.3 is 12.1 Å². The predicted octanol–water partition coefficient (Wildman–Crippen LogP) is 0.158. The molecule has 3 rings (SSSR count). The third-order valence-electron chi connectivity index (χ3n) is 4.20. The van der Waals surface area contributed by atoms with Crippen molar-refractivity contribution in [3.63, 3.8) is 0 Å². The molecule has 3 fully saturated rings. The Bertz CT molecular complexity index is 373. The van der Waals surface area contributed by atoms with Gasteiger partial charge in [0.1, 0.15) is 0 Å². The second-order valence-corrected chi connectivity index (χ2v) is 5.60. The number of hydrogen-bond acceptors (Lipinski definition) is 2. The molecule has 0 saturated carbocycles. The maximum Gasteiger partial charge on any atom is 0.320 e. The van der Waals surface area contributed by atoms with Gasteiger partial charge in [0.15, 0.2) is 0 Å². The van der Waals surface area contributed by atoms with Crippen molar-refractivity contribution in [1.29, 1.82) is 0 Å². The number of fused-ring (bicyclic) bond motifs is 1. The molecule has 0 aromatic rings. The quantitative estimate of drug-likeness (QED) is 0.667. The van der Waals surface area contributed by atoms with Gasteiger partial charge in [0.25, 0.3) is 0 Å². The van der Waals surface area contributed by atoms with Crippen molar-refractivity contribution < 1.29 is 9.59 Å². The van der Waals surface area contributed by atoms with Crippen LogP contribution in [0.1, 0.15) is 13.3 Å². The third kappa shape index (κ3) is 1.89. The van der Waals surface area contributed by atoms with Crippen molar-refractivity contribution >= 4 is 12.1 Å². The van der Waals surface area contributed by atoms with E-state index in [4.69, 9.17) is 0 Å². The van der Waals surface area contributed by atoms with Crippen LogP contribution in [0.2, 0.25) is 0 Å². The van der Waals surface area contributed by atoms with E-state index in [0.717, 1.165) is 19.5 Å². The summed E-state index contributed by atoms with van der Waals surface area (Å²) in [5, 5.41) is 2.83. The number of amides is 4. The molecule has 0 aromatic carbocycles. The van der Waals surface area contributed by atoms with Crippen molar-refractivity contribution in [3.8, 4) is 0 Å². The first kappa shape index (κ1) is 11.6. The lowest BCUT2D eigenvalue weighted by Gasteiger charge is -2.38. The van der Waals surface area contributed by atoms with Crippen molar-refractivity contribution in [2.45, 2.75) is 19.4 Å². The number of hydrogen-bond donors (Lipinski definition) is 1. The molecule has 4 amide bonds. The first-order valence-electron chi connectivity index (χ1n) is 6.73. The number of nitrogens with one attached hydrogen (secondary N) is 1. The smallest absolute Gasteiger partial charge is 0.320 e. The lowest BCUT2D eigenvalue weighted by atomic mass is 10.2. The fraction of sp³-hybridized carbons (Fsp3) is 0.833. The van der Waals surface area contributed by atoms with Crippen LogP contribution in [-0.2, 0) is 0 Å². The molecule has 3 aliphatic heterocycles. The van der Waals surface area contributed by atoms with Gasteiger partial charge in [0.2, 0.25) is 0 Å². The fourth-order valence-corrected chi connectivity index (χ4v) is 3.09. The number of rotatable bonds is 0. The monoisotopic (exact) mass is 252 g/mol. The molecule has 0 aliphatic carbocycles. The lowest BCUT2D eigenvalue weighted by molar-refractivity contribution is 0.111. The molecule has 0 radical (unpaired) electrons. The fourth-order valence-electron chi connectivity index (χ4n) is 3.09. The summed E-state index contributed by atoms with van der Waals surface area (Å²) >= 11 is 0. The first-order valence-corrected chi connectivity index (χ1v) is 6.73. The molecule has 0 bridgehead atoms. The zero-order valence-electron chi connectivity index (χ0n) is 10.8. The highest BCUT2D eigenvalue weighted by molar-refractivity contribution is 5.79. The van der Waals surface area contributed by atoms with Gasteiger partial charge in [0.05, 0.1) is 6.04 Å². The molecule has 6 heteroatoms. The lowest BCUT2D eigenvalue weighted by Crippen LogP contribution is -2.56. The van der Waals surface area contributed by atoms with Gasteiger partial charge in [-0.3, -0.25) is 0 Å². The van der Waals surface area contributed by atoms with Crippen LogP contribution < -0.4 is 5.32 Å². The van der Waals surface area contributed by atoms with E-state index in [1.165, 1.54) is 0 Å². The van der Waals surface area contributed by atoms with Gasteiger partial charge in [-0.25, -0.2) is 9.59 Å². The van der Waals surface area contributed by atoms with Gasteiger partial charge in [-0.2, -0.15) is 0 Å². The Hall–Kier alpha value is -1.46. The Balaban J connectivity index is 1.61. The van der Waals surface area contributed by atoms with E-state index in [2.05, 4.69) is 12.2 Å². The second kappa shape index (κ2) is 4.33. The first-order chi connectivity index (χ1) is 8.65. The summed E-state index contributed by atoms with van der Waals surface area (Å²) < 4.78 is 0. The highest BCUT2D eigenvalue weighted by Crippen LogP contribution is 2.20. The van der Waals surface area contributed by atoms with Crippen LogP contribution in [0.25, 0.3) is 0 Å². The molecule has 0 aromatic heterocycles. The zero-order valence-corrected chi connectivity index (χ0v) is 10.8. The van der Waals surface area contributed by atoms with Crippen LogP contribution in [0.3, 0.4) is 0 Å². The van der Waals surface area contributed by atoms with Crippen LogP contribution in [0.15, 0.2) is 0 Å². The minimum Gasteiger partial charge on any atom is -0.336 e. The molecule has 100 valence electrons. The molecule has 3 heterocycles. The Morgan fingerprint density at radius 2 is 2.00 bits per heavy atom. The largest absolute Gasteiger partial charge is 0.336 e. The Kier molecular flexibility index (Phi) is 2.80. The van der Waals surface area contributed by atoms with Crippen molar-refractivity contribution in [1.82, 2.24) is 20.0 Å². The number of likely N-dealkylation sites (tertiary alicyclic amines) is 1. The highest BCUT2D eigenvalue weighted by Gasteiger charge is 2.38. The zero-order chi connectivity index (χ0) is 12.7. The van der Waals surface area contributed by atoms with Crippen LogP contribution >= 0.6 is 0 Å². The molecule has 1 N–H and O–H groups in total. The molecule has 0 spiro atoms.